The summed E-state index contributed by atoms with van der Waals surface area (Å²) in [5.41, 5.74) is 0.453. The predicted molar refractivity (Wildman–Crippen MR) is 73.7 cm³/mol. The Morgan fingerprint density at radius 2 is 2.00 bits per heavy atom. The predicted octanol–water partition coefficient (Wildman–Crippen LogP) is 2.92. The maximum atomic E-state index is 13.7. The Morgan fingerprint density at radius 1 is 1.32 bits per heavy atom. The molecule has 1 saturated carbocycles. The van der Waals surface area contributed by atoms with Gasteiger partial charge in [0.1, 0.15) is 5.82 Å². The first-order chi connectivity index (χ1) is 9.04. The molecule has 3 nitrogen and oxygen atoms in total. The van der Waals surface area contributed by atoms with E-state index in [2.05, 4.69) is 0 Å². The van der Waals surface area contributed by atoms with E-state index in [1.54, 1.807) is 18.2 Å². The summed E-state index contributed by atoms with van der Waals surface area (Å²) in [5.74, 6) is -0.173. The quantitative estimate of drug-likeness (QED) is 0.772. The average Bonchev–Trinajstić information content (AvgIpc) is 3.19. The summed E-state index contributed by atoms with van der Waals surface area (Å²) in [6.07, 6.45) is 3.28. The molecule has 0 bridgehead atoms. The highest BCUT2D eigenvalue weighted by atomic mass is 32.2. The van der Waals surface area contributed by atoms with Crippen LogP contribution in [0, 0.1) is 5.82 Å². The second kappa shape index (κ2) is 6.01. The first-order valence-electron chi connectivity index (χ1n) is 6.77. The van der Waals surface area contributed by atoms with Crippen LogP contribution in [0.3, 0.4) is 0 Å². The van der Waals surface area contributed by atoms with Gasteiger partial charge in [0.25, 0.3) is 0 Å². The van der Waals surface area contributed by atoms with Gasteiger partial charge in [-0.1, -0.05) is 31.5 Å². The Balaban J connectivity index is 2.15. The van der Waals surface area contributed by atoms with Crippen molar-refractivity contribution < 1.29 is 12.8 Å². The van der Waals surface area contributed by atoms with Gasteiger partial charge in [-0.05, 0) is 25.3 Å². The van der Waals surface area contributed by atoms with Crippen LogP contribution in [0.4, 0.5) is 4.39 Å². The molecule has 1 aliphatic carbocycles. The van der Waals surface area contributed by atoms with Crippen LogP contribution < -0.4 is 0 Å². The number of nitrogens with zero attached hydrogens (tertiary/aromatic N) is 1. The Morgan fingerprint density at radius 3 is 2.58 bits per heavy atom. The van der Waals surface area contributed by atoms with Gasteiger partial charge in [0.2, 0.25) is 10.0 Å². The zero-order valence-corrected chi connectivity index (χ0v) is 12.0. The maximum Gasteiger partial charge on any atom is 0.214 e. The van der Waals surface area contributed by atoms with Crippen molar-refractivity contribution in [2.45, 2.75) is 45.2 Å². The Hall–Kier alpha value is -0.940. The molecule has 0 atom stereocenters. The normalized spacial score (nSPS) is 15.9. The van der Waals surface area contributed by atoms with Gasteiger partial charge in [-0.2, -0.15) is 4.31 Å². The molecule has 106 valence electrons. The Bertz CT molecular complexity index is 526. The molecule has 0 unspecified atom stereocenters. The summed E-state index contributed by atoms with van der Waals surface area (Å²) in [6, 6.07) is 6.45. The molecule has 19 heavy (non-hydrogen) atoms. The van der Waals surface area contributed by atoms with Crippen molar-refractivity contribution in [3.63, 3.8) is 0 Å². The second-order valence-corrected chi connectivity index (χ2v) is 7.08. The fourth-order valence-corrected chi connectivity index (χ4v) is 3.94. The molecule has 1 fully saturated rings. The highest BCUT2D eigenvalue weighted by Crippen LogP contribution is 2.31. The highest BCUT2D eigenvalue weighted by Gasteiger charge is 2.37. The minimum Gasteiger partial charge on any atom is -0.212 e. The number of unbranched alkanes of at least 4 members (excludes halogenated alkanes) is 1. The van der Waals surface area contributed by atoms with Gasteiger partial charge < -0.3 is 0 Å². The second-order valence-electron chi connectivity index (χ2n) is 5.04. The lowest BCUT2D eigenvalue weighted by molar-refractivity contribution is 0.391. The zero-order chi connectivity index (χ0) is 13.9. The van der Waals surface area contributed by atoms with Crippen molar-refractivity contribution in [1.29, 1.82) is 0 Å². The van der Waals surface area contributed by atoms with Crippen LogP contribution in [0.5, 0.6) is 0 Å². The van der Waals surface area contributed by atoms with Crippen molar-refractivity contribution in [2.75, 3.05) is 5.75 Å². The standard InChI is InChI=1S/C14H20FNO2S/c1-2-3-10-19(17,18)16(13-8-9-13)11-12-6-4-5-7-14(12)15/h4-7,13H,2-3,8-11H2,1H3. The lowest BCUT2D eigenvalue weighted by Gasteiger charge is -2.22. The molecule has 0 spiro atoms. The summed E-state index contributed by atoms with van der Waals surface area (Å²) >= 11 is 0. The number of hydrogen-bond acceptors (Lipinski definition) is 2. The van der Waals surface area contributed by atoms with Gasteiger partial charge in [0.15, 0.2) is 0 Å². The minimum absolute atomic E-state index is 0.0708. The molecule has 0 N–H and O–H groups in total. The SMILES string of the molecule is CCCCS(=O)(=O)N(Cc1ccccc1F)C1CC1. The van der Waals surface area contributed by atoms with Gasteiger partial charge in [0.05, 0.1) is 5.75 Å². The maximum absolute atomic E-state index is 13.7. The van der Waals surface area contributed by atoms with E-state index in [1.165, 1.54) is 10.4 Å². The molecule has 0 heterocycles. The number of benzene rings is 1. The lowest BCUT2D eigenvalue weighted by Crippen LogP contribution is -2.34. The fraction of sp³-hybridized carbons (Fsp3) is 0.571. The van der Waals surface area contributed by atoms with Crippen molar-refractivity contribution in [2.24, 2.45) is 0 Å². The third-order valence-electron chi connectivity index (χ3n) is 3.35. The summed E-state index contributed by atoms with van der Waals surface area (Å²) < 4.78 is 39.7. The monoisotopic (exact) mass is 285 g/mol. The van der Waals surface area contributed by atoms with Crippen LogP contribution >= 0.6 is 0 Å². The summed E-state index contributed by atoms with van der Waals surface area (Å²) in [4.78, 5) is 0. The third-order valence-corrected chi connectivity index (χ3v) is 5.30. The minimum atomic E-state index is -3.27. The molecule has 5 heteroatoms. The Labute approximate surface area is 114 Å². The van der Waals surface area contributed by atoms with Gasteiger partial charge in [-0.25, -0.2) is 12.8 Å². The molecular weight excluding hydrogens is 265 g/mol. The lowest BCUT2D eigenvalue weighted by atomic mass is 10.2. The molecule has 2 rings (SSSR count). The molecule has 0 amide bonds. The van der Waals surface area contributed by atoms with E-state index in [-0.39, 0.29) is 24.2 Å². The molecular formula is C14H20FNO2S. The Kier molecular flexibility index (Phi) is 4.58. The molecule has 0 aromatic heterocycles. The van der Waals surface area contributed by atoms with Crippen LogP contribution in [0.15, 0.2) is 24.3 Å². The van der Waals surface area contributed by atoms with Gasteiger partial charge in [-0.15, -0.1) is 0 Å². The number of hydrogen-bond donors (Lipinski definition) is 0. The van der Waals surface area contributed by atoms with Crippen LogP contribution in [-0.4, -0.2) is 24.5 Å². The van der Waals surface area contributed by atoms with E-state index >= 15 is 0 Å². The van der Waals surface area contributed by atoms with Crippen LogP contribution in [-0.2, 0) is 16.6 Å². The molecule has 0 saturated heterocycles. The van der Waals surface area contributed by atoms with Crippen molar-refractivity contribution in [1.82, 2.24) is 4.31 Å². The summed E-state index contributed by atoms with van der Waals surface area (Å²) in [6.45, 7) is 2.12. The third kappa shape index (κ3) is 3.76. The summed E-state index contributed by atoms with van der Waals surface area (Å²) in [7, 11) is -3.27. The van der Waals surface area contributed by atoms with E-state index in [1.807, 2.05) is 6.92 Å². The average molecular weight is 285 g/mol. The molecule has 1 aliphatic rings. The first-order valence-corrected chi connectivity index (χ1v) is 8.38. The first kappa shape index (κ1) is 14.5. The molecule has 1 aromatic carbocycles. The van der Waals surface area contributed by atoms with Gasteiger partial charge >= 0.3 is 0 Å². The van der Waals surface area contributed by atoms with Crippen LogP contribution in [0.1, 0.15) is 38.2 Å². The summed E-state index contributed by atoms with van der Waals surface area (Å²) in [5, 5.41) is 0. The van der Waals surface area contributed by atoms with E-state index in [0.29, 0.717) is 12.0 Å². The highest BCUT2D eigenvalue weighted by molar-refractivity contribution is 7.89. The van der Waals surface area contributed by atoms with E-state index in [4.69, 9.17) is 0 Å². The largest absolute Gasteiger partial charge is 0.214 e. The van der Waals surface area contributed by atoms with Gasteiger partial charge in [0, 0.05) is 18.2 Å². The van der Waals surface area contributed by atoms with E-state index < -0.39 is 10.0 Å². The van der Waals surface area contributed by atoms with Crippen molar-refractivity contribution in [3.05, 3.63) is 35.6 Å². The molecule has 1 aromatic rings. The van der Waals surface area contributed by atoms with Crippen molar-refractivity contribution in [3.8, 4) is 0 Å². The number of rotatable bonds is 7. The molecule has 0 aliphatic heterocycles. The van der Waals surface area contributed by atoms with Crippen LogP contribution in [0.2, 0.25) is 0 Å². The van der Waals surface area contributed by atoms with Gasteiger partial charge in [-0.3, -0.25) is 0 Å². The topological polar surface area (TPSA) is 37.4 Å². The molecule has 0 radical (unpaired) electrons. The van der Waals surface area contributed by atoms with Crippen molar-refractivity contribution >= 4 is 10.0 Å². The number of sulfonamides is 1. The van der Waals surface area contributed by atoms with E-state index in [9.17, 15) is 12.8 Å². The van der Waals surface area contributed by atoms with Crippen LogP contribution in [0.25, 0.3) is 0 Å². The smallest absolute Gasteiger partial charge is 0.212 e. The fourth-order valence-electron chi connectivity index (χ4n) is 2.06. The number of halogens is 1. The zero-order valence-electron chi connectivity index (χ0n) is 11.2. The van der Waals surface area contributed by atoms with E-state index in [0.717, 1.165) is 19.3 Å².